The van der Waals surface area contributed by atoms with Crippen molar-refractivity contribution in [3.05, 3.63) is 30.3 Å². The maximum atomic E-state index is 11.0. The molecule has 0 fully saturated rings. The van der Waals surface area contributed by atoms with E-state index in [1.54, 1.807) is 18.8 Å². The van der Waals surface area contributed by atoms with Crippen molar-refractivity contribution in [2.75, 3.05) is 12.8 Å². The predicted octanol–water partition coefficient (Wildman–Crippen LogP) is 1.57. The predicted molar refractivity (Wildman–Crippen MR) is 62.7 cm³/mol. The molecule has 0 saturated heterocycles. The average molecular weight is 223 g/mol. The van der Waals surface area contributed by atoms with Crippen molar-refractivity contribution in [2.24, 2.45) is 0 Å². The zero-order valence-corrected chi connectivity index (χ0v) is 9.51. The van der Waals surface area contributed by atoms with Crippen molar-refractivity contribution in [1.29, 1.82) is 0 Å². The lowest BCUT2D eigenvalue weighted by molar-refractivity contribution is -0.120. The van der Waals surface area contributed by atoms with E-state index in [2.05, 4.69) is 5.32 Å². The van der Waals surface area contributed by atoms with Crippen molar-refractivity contribution in [3.63, 3.8) is 0 Å². The summed E-state index contributed by atoms with van der Waals surface area (Å²) >= 11 is 1.61. The number of carbonyl (C=O) groups excluding carboxylic acids is 1. The van der Waals surface area contributed by atoms with Gasteiger partial charge in [0.1, 0.15) is 0 Å². The molecular weight excluding hydrogens is 208 g/mol. The van der Waals surface area contributed by atoms with Crippen LogP contribution in [0.5, 0.6) is 0 Å². The van der Waals surface area contributed by atoms with E-state index in [1.807, 2.05) is 30.3 Å². The second-order valence-corrected chi connectivity index (χ2v) is 4.29. The Balaban J connectivity index is 2.28. The Morgan fingerprint density at radius 2 is 2.13 bits per heavy atom. The minimum atomic E-state index is -0.338. The maximum absolute atomic E-state index is 11.0. The fourth-order valence-electron chi connectivity index (χ4n) is 1.10. The molecule has 1 aromatic rings. The number of amides is 1. The molecule has 0 unspecified atom stereocenters. The average Bonchev–Trinajstić information content (AvgIpc) is 2.27. The lowest BCUT2D eigenvalue weighted by Gasteiger charge is -2.08. The summed E-state index contributed by atoms with van der Waals surface area (Å²) in [5.41, 5.74) is 7.67. The van der Waals surface area contributed by atoms with E-state index in [9.17, 15) is 4.79 Å². The van der Waals surface area contributed by atoms with E-state index in [0.29, 0.717) is 5.75 Å². The second kappa shape index (κ2) is 6.48. The molecule has 3 nitrogen and oxygen atoms in total. The molecule has 4 heteroatoms. The zero-order valence-electron chi connectivity index (χ0n) is 8.69. The van der Waals surface area contributed by atoms with Crippen LogP contribution in [0.4, 0.5) is 0 Å². The standard InChI is InChI=1S/C11H15N2OS/c1-13-11(14)7-9(12)8-15-10-5-3-2-4-6-10/h2-6,9,12H,7-8H2,1H3,(H,13,14)/t9-/m1/s1. The largest absolute Gasteiger partial charge is 0.359 e. The first-order chi connectivity index (χ1) is 7.22. The van der Waals surface area contributed by atoms with Gasteiger partial charge in [0.05, 0.1) is 0 Å². The van der Waals surface area contributed by atoms with Gasteiger partial charge in [-0.05, 0) is 12.1 Å². The van der Waals surface area contributed by atoms with Crippen LogP contribution in [0.25, 0.3) is 0 Å². The van der Waals surface area contributed by atoms with Gasteiger partial charge in [-0.1, -0.05) is 18.2 Å². The smallest absolute Gasteiger partial charge is 0.221 e. The minimum absolute atomic E-state index is 0.0661. The first-order valence-corrected chi connectivity index (χ1v) is 5.80. The van der Waals surface area contributed by atoms with E-state index < -0.39 is 0 Å². The quantitative estimate of drug-likeness (QED) is 0.770. The fraction of sp³-hybridized carbons (Fsp3) is 0.364. The Bertz CT molecular complexity index is 303. The molecule has 15 heavy (non-hydrogen) atoms. The van der Waals surface area contributed by atoms with Crippen LogP contribution in [0.2, 0.25) is 0 Å². The SMILES string of the molecule is CNC(=O)C[C@@H]([NH])CSc1ccccc1. The Labute approximate surface area is 94.4 Å². The number of benzene rings is 1. The number of thioether (sulfide) groups is 1. The van der Waals surface area contributed by atoms with Gasteiger partial charge >= 0.3 is 0 Å². The van der Waals surface area contributed by atoms with Gasteiger partial charge in [0.25, 0.3) is 0 Å². The molecule has 0 bridgehead atoms. The summed E-state index contributed by atoms with van der Waals surface area (Å²) in [6.45, 7) is 0. The van der Waals surface area contributed by atoms with Gasteiger partial charge in [0.2, 0.25) is 5.91 Å². The summed E-state index contributed by atoms with van der Waals surface area (Å²) in [5.74, 6) is 0.584. The number of carbonyl (C=O) groups is 1. The summed E-state index contributed by atoms with van der Waals surface area (Å²) < 4.78 is 0. The number of hydrogen-bond acceptors (Lipinski definition) is 2. The molecule has 0 spiro atoms. The molecule has 2 N–H and O–H groups in total. The molecule has 0 aliphatic rings. The maximum Gasteiger partial charge on any atom is 0.221 e. The number of rotatable bonds is 5. The Hall–Kier alpha value is -1.00. The van der Waals surface area contributed by atoms with Gasteiger partial charge in [-0.2, -0.15) is 0 Å². The van der Waals surface area contributed by atoms with Crippen LogP contribution in [-0.2, 0) is 4.79 Å². The Morgan fingerprint density at radius 3 is 2.73 bits per heavy atom. The van der Waals surface area contributed by atoms with E-state index in [1.165, 1.54) is 0 Å². The van der Waals surface area contributed by atoms with Crippen molar-refractivity contribution < 1.29 is 4.79 Å². The molecule has 1 aromatic carbocycles. The van der Waals surface area contributed by atoms with E-state index in [4.69, 9.17) is 5.73 Å². The van der Waals surface area contributed by atoms with E-state index >= 15 is 0 Å². The topological polar surface area (TPSA) is 52.9 Å². The summed E-state index contributed by atoms with van der Waals surface area (Å²) in [6.07, 6.45) is 0.274. The van der Waals surface area contributed by atoms with E-state index in [-0.39, 0.29) is 18.4 Å². The van der Waals surface area contributed by atoms with Crippen LogP contribution in [-0.4, -0.2) is 24.7 Å². The van der Waals surface area contributed by atoms with Crippen molar-refractivity contribution in [2.45, 2.75) is 17.4 Å². The van der Waals surface area contributed by atoms with Crippen LogP contribution in [0.15, 0.2) is 35.2 Å². The van der Waals surface area contributed by atoms with Crippen LogP contribution >= 0.6 is 11.8 Å². The molecule has 0 aromatic heterocycles. The second-order valence-electron chi connectivity index (χ2n) is 3.20. The van der Waals surface area contributed by atoms with Gasteiger partial charge in [-0.15, -0.1) is 11.8 Å². The van der Waals surface area contributed by atoms with Gasteiger partial charge in [0.15, 0.2) is 0 Å². The molecule has 81 valence electrons. The van der Waals surface area contributed by atoms with Gasteiger partial charge in [0, 0.05) is 30.2 Å². The molecule has 1 radical (unpaired) electrons. The summed E-state index contributed by atoms with van der Waals surface area (Å²) in [5, 5.41) is 2.53. The molecular formula is C11H15N2OS. The zero-order chi connectivity index (χ0) is 11.1. The fourth-order valence-corrected chi connectivity index (χ4v) is 1.96. The Kier molecular flexibility index (Phi) is 5.21. The number of hydrogen-bond donors (Lipinski definition) is 1. The van der Waals surface area contributed by atoms with Crippen LogP contribution in [0, 0.1) is 0 Å². The third-order valence-electron chi connectivity index (χ3n) is 1.91. The monoisotopic (exact) mass is 223 g/mol. The summed E-state index contributed by atoms with van der Waals surface area (Å²) in [7, 11) is 1.60. The first kappa shape index (κ1) is 12.1. The lowest BCUT2D eigenvalue weighted by atomic mass is 10.2. The highest BCUT2D eigenvalue weighted by Gasteiger charge is 2.08. The van der Waals surface area contributed by atoms with Crippen molar-refractivity contribution in [1.82, 2.24) is 11.1 Å². The molecule has 0 saturated carbocycles. The van der Waals surface area contributed by atoms with Gasteiger partial charge in [-0.3, -0.25) is 10.5 Å². The third-order valence-corrected chi connectivity index (χ3v) is 3.08. The van der Waals surface area contributed by atoms with Gasteiger partial charge in [-0.25, -0.2) is 0 Å². The Morgan fingerprint density at radius 1 is 1.47 bits per heavy atom. The summed E-state index contributed by atoms with van der Waals surface area (Å²) in [6, 6.07) is 9.59. The normalized spacial score (nSPS) is 12.1. The number of nitrogens with one attached hydrogen (secondary N) is 2. The van der Waals surface area contributed by atoms with E-state index in [0.717, 1.165) is 4.90 Å². The molecule has 1 atom stereocenters. The van der Waals surface area contributed by atoms with Crippen molar-refractivity contribution >= 4 is 17.7 Å². The van der Waals surface area contributed by atoms with Gasteiger partial charge < -0.3 is 5.32 Å². The lowest BCUT2D eigenvalue weighted by Crippen LogP contribution is -2.26. The molecule has 0 aliphatic heterocycles. The van der Waals surface area contributed by atoms with Crippen LogP contribution in [0.3, 0.4) is 0 Å². The molecule has 1 amide bonds. The van der Waals surface area contributed by atoms with Crippen molar-refractivity contribution in [3.8, 4) is 0 Å². The highest BCUT2D eigenvalue weighted by atomic mass is 32.2. The summed E-state index contributed by atoms with van der Waals surface area (Å²) in [4.78, 5) is 12.1. The highest BCUT2D eigenvalue weighted by Crippen LogP contribution is 2.18. The van der Waals surface area contributed by atoms with Crippen LogP contribution in [0.1, 0.15) is 6.42 Å². The molecule has 0 aliphatic carbocycles. The minimum Gasteiger partial charge on any atom is -0.359 e. The van der Waals surface area contributed by atoms with Crippen LogP contribution < -0.4 is 11.1 Å². The molecule has 1 rings (SSSR count). The highest BCUT2D eigenvalue weighted by molar-refractivity contribution is 7.99. The third kappa shape index (κ3) is 4.85. The molecule has 0 heterocycles. The first-order valence-electron chi connectivity index (χ1n) is 4.82.